The zero-order chi connectivity index (χ0) is 19.3. The van der Waals surface area contributed by atoms with Crippen LogP contribution in [0.3, 0.4) is 0 Å². The monoisotopic (exact) mass is 375 g/mol. The minimum absolute atomic E-state index is 0.0155. The van der Waals surface area contributed by atoms with E-state index < -0.39 is 0 Å². The number of benzene rings is 1. The van der Waals surface area contributed by atoms with Crippen molar-refractivity contribution in [3.05, 3.63) is 47.7 Å². The lowest BCUT2D eigenvalue weighted by molar-refractivity contribution is 0.0930. The number of nitrogens with one attached hydrogen (secondary N) is 2. The number of carbonyl (C=O) groups excluding carboxylic acids is 1. The zero-order valence-electron chi connectivity index (χ0n) is 16.3. The van der Waals surface area contributed by atoms with E-state index in [0.717, 1.165) is 47.5 Å². The van der Waals surface area contributed by atoms with Gasteiger partial charge in [0.1, 0.15) is 0 Å². The molecule has 1 aliphatic carbocycles. The van der Waals surface area contributed by atoms with Crippen LogP contribution < -0.4 is 10.6 Å². The van der Waals surface area contributed by atoms with Crippen LogP contribution in [0.5, 0.6) is 0 Å². The van der Waals surface area contributed by atoms with Gasteiger partial charge in [-0.2, -0.15) is 5.10 Å². The Balaban J connectivity index is 1.56. The van der Waals surface area contributed by atoms with E-state index >= 15 is 0 Å². The largest absolute Gasteiger partial charge is 0.349 e. The molecule has 1 aromatic carbocycles. The van der Waals surface area contributed by atoms with Gasteiger partial charge in [-0.25, -0.2) is 4.98 Å². The molecule has 2 N–H and O–H groups in total. The molecule has 144 valence electrons. The Hall–Kier alpha value is -2.73. The first-order valence-corrected chi connectivity index (χ1v) is 10.0. The van der Waals surface area contributed by atoms with Gasteiger partial charge in [0.25, 0.3) is 5.91 Å². The minimum Gasteiger partial charge on any atom is -0.349 e. The van der Waals surface area contributed by atoms with Gasteiger partial charge in [-0.15, -0.1) is 0 Å². The third-order valence-electron chi connectivity index (χ3n) is 6.23. The predicted molar refractivity (Wildman–Crippen MR) is 109 cm³/mol. The van der Waals surface area contributed by atoms with Crippen molar-refractivity contribution in [3.63, 3.8) is 0 Å². The van der Waals surface area contributed by atoms with Gasteiger partial charge in [0, 0.05) is 18.7 Å². The van der Waals surface area contributed by atoms with Crippen molar-refractivity contribution in [3.8, 4) is 11.3 Å². The van der Waals surface area contributed by atoms with E-state index in [0.29, 0.717) is 17.4 Å². The molecule has 0 radical (unpaired) electrons. The van der Waals surface area contributed by atoms with Crippen molar-refractivity contribution in [1.29, 1.82) is 0 Å². The molecule has 2 fully saturated rings. The number of fused-ring (bicyclic) bond motifs is 3. The molecule has 2 aliphatic rings. The highest BCUT2D eigenvalue weighted by Crippen LogP contribution is 2.34. The summed E-state index contributed by atoms with van der Waals surface area (Å²) >= 11 is 0. The molecule has 5 rings (SSSR count). The molecule has 3 heterocycles. The molecule has 2 aromatic heterocycles. The molecule has 0 spiro atoms. The summed E-state index contributed by atoms with van der Waals surface area (Å²) in [6, 6.07) is 12.2. The van der Waals surface area contributed by atoms with Gasteiger partial charge in [-0.05, 0) is 50.8 Å². The van der Waals surface area contributed by atoms with Crippen LogP contribution in [-0.2, 0) is 7.05 Å². The number of nitrogens with zero attached hydrogens (tertiary/aromatic N) is 3. The molecular formula is C22H25N5O. The SMILES string of the molecule is Cc1nn(C)c2nc(-c3ccccc3)cc(C(=O)N[C@@H]3C[C@H]4CNC[C@@H]3C4)c12. The summed E-state index contributed by atoms with van der Waals surface area (Å²) in [5.74, 6) is 1.20. The van der Waals surface area contributed by atoms with Gasteiger partial charge in [0.15, 0.2) is 5.65 Å². The molecule has 28 heavy (non-hydrogen) atoms. The standard InChI is InChI=1S/C22H25N5O/c1-13-20-17(22(28)25-18-9-14-8-16(18)12-23-11-14)10-19(15-6-4-3-5-7-15)24-21(20)27(2)26-13/h3-7,10,14,16,18,23H,8-9,11-12H2,1-2H3,(H,25,28)/t14-,16-,18+/m0/s1. The van der Waals surface area contributed by atoms with Crippen LogP contribution in [-0.4, -0.2) is 39.8 Å². The van der Waals surface area contributed by atoms with Gasteiger partial charge in [-0.1, -0.05) is 30.3 Å². The number of hydrogen-bond donors (Lipinski definition) is 2. The van der Waals surface area contributed by atoms with Crippen molar-refractivity contribution < 1.29 is 4.79 Å². The molecular weight excluding hydrogens is 350 g/mol. The lowest BCUT2D eigenvalue weighted by Crippen LogP contribution is -2.40. The van der Waals surface area contributed by atoms with Crippen LogP contribution in [0, 0.1) is 18.8 Å². The molecule has 1 amide bonds. The van der Waals surface area contributed by atoms with Crippen LogP contribution in [0.1, 0.15) is 28.9 Å². The fraction of sp³-hybridized carbons (Fsp3) is 0.409. The Morgan fingerprint density at radius 2 is 2.04 bits per heavy atom. The second-order valence-corrected chi connectivity index (χ2v) is 8.16. The first-order valence-electron chi connectivity index (χ1n) is 10.0. The van der Waals surface area contributed by atoms with Crippen molar-refractivity contribution in [2.45, 2.75) is 25.8 Å². The highest BCUT2D eigenvalue weighted by molar-refractivity contribution is 6.07. The van der Waals surface area contributed by atoms with Crippen molar-refractivity contribution >= 4 is 16.9 Å². The summed E-state index contributed by atoms with van der Waals surface area (Å²) < 4.78 is 1.76. The number of rotatable bonds is 3. The summed E-state index contributed by atoms with van der Waals surface area (Å²) in [5, 5.41) is 12.2. The maximum Gasteiger partial charge on any atom is 0.252 e. The number of amides is 1. The molecule has 6 nitrogen and oxygen atoms in total. The van der Waals surface area contributed by atoms with Gasteiger partial charge < -0.3 is 10.6 Å². The van der Waals surface area contributed by atoms with Crippen LogP contribution >= 0.6 is 0 Å². The number of aromatic nitrogens is 3. The fourth-order valence-corrected chi connectivity index (χ4v) is 4.91. The first-order chi connectivity index (χ1) is 13.6. The van der Waals surface area contributed by atoms with Crippen LogP contribution in [0.25, 0.3) is 22.3 Å². The summed E-state index contributed by atoms with van der Waals surface area (Å²) in [4.78, 5) is 18.2. The average Bonchev–Trinajstić information content (AvgIpc) is 3.16. The zero-order valence-corrected chi connectivity index (χ0v) is 16.3. The molecule has 1 saturated heterocycles. The Morgan fingerprint density at radius 1 is 1.21 bits per heavy atom. The first kappa shape index (κ1) is 17.4. The Labute approximate surface area is 164 Å². The third kappa shape index (κ3) is 2.88. The topological polar surface area (TPSA) is 71.8 Å². The van der Waals surface area contributed by atoms with Crippen molar-refractivity contribution in [1.82, 2.24) is 25.4 Å². The van der Waals surface area contributed by atoms with Crippen LogP contribution in [0.15, 0.2) is 36.4 Å². The molecule has 3 atom stereocenters. The van der Waals surface area contributed by atoms with Gasteiger partial charge >= 0.3 is 0 Å². The van der Waals surface area contributed by atoms with Crippen molar-refractivity contribution in [2.24, 2.45) is 18.9 Å². The summed E-state index contributed by atoms with van der Waals surface area (Å²) in [7, 11) is 1.88. The predicted octanol–water partition coefficient (Wildman–Crippen LogP) is 2.67. The molecule has 2 bridgehead atoms. The minimum atomic E-state index is -0.0155. The maximum atomic E-state index is 13.4. The van der Waals surface area contributed by atoms with Gasteiger partial charge in [0.05, 0.1) is 22.3 Å². The van der Waals surface area contributed by atoms with E-state index in [9.17, 15) is 4.79 Å². The fourth-order valence-electron chi connectivity index (χ4n) is 4.91. The van der Waals surface area contributed by atoms with Crippen molar-refractivity contribution in [2.75, 3.05) is 13.1 Å². The maximum absolute atomic E-state index is 13.4. The number of hydrogen-bond acceptors (Lipinski definition) is 4. The molecule has 0 unspecified atom stereocenters. The van der Waals surface area contributed by atoms with Crippen LogP contribution in [0.2, 0.25) is 0 Å². The highest BCUT2D eigenvalue weighted by atomic mass is 16.1. The Bertz CT molecular complexity index is 1040. The van der Waals surface area contributed by atoms with E-state index in [1.165, 1.54) is 6.42 Å². The smallest absolute Gasteiger partial charge is 0.252 e. The Morgan fingerprint density at radius 3 is 2.82 bits per heavy atom. The van der Waals surface area contributed by atoms with Gasteiger partial charge in [-0.3, -0.25) is 9.48 Å². The molecule has 1 saturated carbocycles. The van der Waals surface area contributed by atoms with Crippen LogP contribution in [0.4, 0.5) is 0 Å². The molecule has 3 aromatic rings. The number of pyridine rings is 1. The third-order valence-corrected chi connectivity index (χ3v) is 6.23. The number of carbonyl (C=O) groups is 1. The molecule has 1 aliphatic heterocycles. The summed E-state index contributed by atoms with van der Waals surface area (Å²) in [6.45, 7) is 4.01. The van der Waals surface area contributed by atoms with E-state index in [2.05, 4.69) is 15.7 Å². The number of piperidine rings is 1. The normalized spacial score (nSPS) is 23.9. The molecule has 6 heteroatoms. The lowest BCUT2D eigenvalue weighted by Gasteiger charge is -2.23. The summed E-state index contributed by atoms with van der Waals surface area (Å²) in [6.07, 6.45) is 2.28. The van der Waals surface area contributed by atoms with E-state index in [1.54, 1.807) is 4.68 Å². The Kier molecular flexibility index (Phi) is 4.16. The summed E-state index contributed by atoms with van der Waals surface area (Å²) in [5.41, 5.74) is 4.05. The number of aryl methyl sites for hydroxylation is 2. The van der Waals surface area contributed by atoms with E-state index in [-0.39, 0.29) is 11.9 Å². The quantitative estimate of drug-likeness (QED) is 0.738. The highest BCUT2D eigenvalue weighted by Gasteiger charge is 2.38. The average molecular weight is 375 g/mol. The van der Waals surface area contributed by atoms with E-state index in [4.69, 9.17) is 4.98 Å². The van der Waals surface area contributed by atoms with Gasteiger partial charge in [0.2, 0.25) is 0 Å². The second-order valence-electron chi connectivity index (χ2n) is 8.16. The second kappa shape index (κ2) is 6.71. The van der Waals surface area contributed by atoms with E-state index in [1.807, 2.05) is 50.4 Å². The lowest BCUT2D eigenvalue weighted by atomic mass is 9.99.